The Morgan fingerprint density at radius 3 is 2.08 bits per heavy atom. The number of anilines is 1. The van der Waals surface area contributed by atoms with Crippen LogP contribution in [0.5, 0.6) is 0 Å². The van der Waals surface area contributed by atoms with Crippen LogP contribution in [-0.2, 0) is 0 Å². The van der Waals surface area contributed by atoms with Crippen molar-refractivity contribution in [1.82, 2.24) is 9.80 Å². The molecule has 0 aromatic heterocycles. The maximum atomic E-state index is 12.6. The number of urea groups is 1. The fraction of sp³-hybridized carbons (Fsp3) is 0.263. The summed E-state index contributed by atoms with van der Waals surface area (Å²) in [7, 11) is 0. The molecule has 0 unspecified atom stereocenters. The summed E-state index contributed by atoms with van der Waals surface area (Å²) in [5.74, 6) is 0.0239. The van der Waals surface area contributed by atoms with Crippen molar-refractivity contribution in [3.63, 3.8) is 0 Å². The first-order valence-electron chi connectivity index (χ1n) is 8.21. The van der Waals surface area contributed by atoms with Gasteiger partial charge in [-0.25, -0.2) is 4.79 Å². The number of carbonyl (C=O) groups is 2. The molecule has 1 heterocycles. The Hall–Kier alpha value is -2.47. The number of hydrogen-bond acceptors (Lipinski definition) is 3. The summed E-state index contributed by atoms with van der Waals surface area (Å²) in [4.78, 5) is 29.5. The van der Waals surface area contributed by atoms with Gasteiger partial charge in [0.05, 0.1) is 0 Å². The number of rotatable bonds is 3. The number of amides is 3. The van der Waals surface area contributed by atoms with Gasteiger partial charge in [0.15, 0.2) is 0 Å². The van der Waals surface area contributed by atoms with E-state index in [0.29, 0.717) is 31.7 Å². The number of para-hydroxylation sites is 1. The van der Waals surface area contributed by atoms with Gasteiger partial charge in [0.25, 0.3) is 5.91 Å². The zero-order chi connectivity index (χ0) is 17.6. The van der Waals surface area contributed by atoms with E-state index in [4.69, 9.17) is 0 Å². The Balaban J connectivity index is 1.54. The van der Waals surface area contributed by atoms with E-state index in [1.165, 1.54) is 0 Å². The first kappa shape index (κ1) is 17.4. The van der Waals surface area contributed by atoms with E-state index in [0.717, 1.165) is 10.6 Å². The molecule has 0 spiro atoms. The van der Waals surface area contributed by atoms with Crippen molar-refractivity contribution in [3.8, 4) is 0 Å². The maximum absolute atomic E-state index is 12.6. The third-order valence-electron chi connectivity index (χ3n) is 4.22. The van der Waals surface area contributed by atoms with E-state index in [1.807, 2.05) is 60.9 Å². The Bertz CT molecular complexity index is 726. The molecule has 2 aromatic carbocycles. The molecule has 1 saturated heterocycles. The van der Waals surface area contributed by atoms with Gasteiger partial charge in [-0.1, -0.05) is 18.2 Å². The summed E-state index contributed by atoms with van der Waals surface area (Å²) in [5.41, 5.74) is 1.47. The van der Waals surface area contributed by atoms with Crippen molar-refractivity contribution in [1.29, 1.82) is 0 Å². The molecular weight excluding hydrogens is 334 g/mol. The van der Waals surface area contributed by atoms with Gasteiger partial charge < -0.3 is 15.1 Å². The van der Waals surface area contributed by atoms with Gasteiger partial charge in [-0.3, -0.25) is 4.79 Å². The molecule has 3 rings (SSSR count). The molecule has 3 amide bonds. The van der Waals surface area contributed by atoms with Gasteiger partial charge in [0, 0.05) is 42.3 Å². The highest BCUT2D eigenvalue weighted by Crippen LogP contribution is 2.17. The molecule has 1 N–H and O–H groups in total. The monoisotopic (exact) mass is 355 g/mol. The minimum absolute atomic E-state index is 0.0239. The minimum Gasteiger partial charge on any atom is -0.335 e. The molecule has 0 atom stereocenters. The minimum atomic E-state index is -0.123. The topological polar surface area (TPSA) is 52.7 Å². The summed E-state index contributed by atoms with van der Waals surface area (Å²) < 4.78 is 0. The average molecular weight is 355 g/mol. The van der Waals surface area contributed by atoms with Crippen molar-refractivity contribution >= 4 is 29.4 Å². The van der Waals surface area contributed by atoms with E-state index >= 15 is 0 Å². The Morgan fingerprint density at radius 1 is 0.880 bits per heavy atom. The first-order chi connectivity index (χ1) is 12.2. The number of carbonyl (C=O) groups excluding carboxylic acids is 2. The molecule has 1 aliphatic heterocycles. The van der Waals surface area contributed by atoms with E-state index in [1.54, 1.807) is 21.6 Å². The maximum Gasteiger partial charge on any atom is 0.321 e. The van der Waals surface area contributed by atoms with Crippen molar-refractivity contribution in [2.24, 2.45) is 0 Å². The fourth-order valence-corrected chi connectivity index (χ4v) is 3.16. The average Bonchev–Trinajstić information content (AvgIpc) is 2.68. The normalized spacial score (nSPS) is 14.3. The first-order valence-corrected chi connectivity index (χ1v) is 9.44. The fourth-order valence-electron chi connectivity index (χ4n) is 2.75. The standard InChI is InChI=1S/C19H21N3O2S/c1-25-17-9-7-15(8-10-17)18(23)21-11-13-22(14-12-21)19(24)20-16-5-3-2-4-6-16/h2-10H,11-14H2,1H3,(H,20,24). The number of benzene rings is 2. The van der Waals surface area contributed by atoms with Gasteiger partial charge >= 0.3 is 6.03 Å². The number of hydrogen-bond donors (Lipinski definition) is 1. The molecular formula is C19H21N3O2S. The Labute approximate surface area is 152 Å². The van der Waals surface area contributed by atoms with Crippen LogP contribution in [0, 0.1) is 0 Å². The summed E-state index contributed by atoms with van der Waals surface area (Å²) >= 11 is 1.65. The summed E-state index contributed by atoms with van der Waals surface area (Å²) in [6, 6.07) is 16.9. The second-order valence-corrected chi connectivity index (χ2v) is 6.68. The van der Waals surface area contributed by atoms with Gasteiger partial charge in [-0.05, 0) is 42.7 Å². The number of thioether (sulfide) groups is 1. The molecule has 1 aliphatic rings. The number of piperazine rings is 1. The summed E-state index contributed by atoms with van der Waals surface area (Å²) in [6.07, 6.45) is 2.01. The lowest BCUT2D eigenvalue weighted by molar-refractivity contribution is 0.0671. The predicted octanol–water partition coefficient (Wildman–Crippen LogP) is 3.40. The summed E-state index contributed by atoms with van der Waals surface area (Å²) in [5, 5.41) is 2.88. The van der Waals surface area contributed by atoms with E-state index < -0.39 is 0 Å². The van der Waals surface area contributed by atoms with Gasteiger partial charge in [0.1, 0.15) is 0 Å². The van der Waals surface area contributed by atoms with Crippen LogP contribution in [0.1, 0.15) is 10.4 Å². The number of nitrogens with zero attached hydrogens (tertiary/aromatic N) is 2. The van der Waals surface area contributed by atoms with Crippen LogP contribution in [0.15, 0.2) is 59.5 Å². The van der Waals surface area contributed by atoms with Crippen LogP contribution >= 0.6 is 11.8 Å². The van der Waals surface area contributed by atoms with Gasteiger partial charge in [-0.2, -0.15) is 0 Å². The Kier molecular flexibility index (Phi) is 5.60. The molecule has 0 saturated carbocycles. The zero-order valence-electron chi connectivity index (χ0n) is 14.1. The van der Waals surface area contributed by atoms with Gasteiger partial charge in [-0.15, -0.1) is 11.8 Å². The molecule has 0 radical (unpaired) electrons. The third kappa shape index (κ3) is 4.33. The third-order valence-corrected chi connectivity index (χ3v) is 4.96. The van der Waals surface area contributed by atoms with Crippen LogP contribution in [0.3, 0.4) is 0 Å². The van der Waals surface area contributed by atoms with Crippen LogP contribution in [0.4, 0.5) is 10.5 Å². The van der Waals surface area contributed by atoms with Crippen molar-refractivity contribution < 1.29 is 9.59 Å². The Morgan fingerprint density at radius 2 is 1.48 bits per heavy atom. The molecule has 5 nitrogen and oxygen atoms in total. The van der Waals surface area contributed by atoms with Crippen molar-refractivity contribution in [2.45, 2.75) is 4.90 Å². The molecule has 1 fully saturated rings. The van der Waals surface area contributed by atoms with Crippen LogP contribution in [-0.4, -0.2) is 54.2 Å². The lowest BCUT2D eigenvalue weighted by Gasteiger charge is -2.34. The molecule has 25 heavy (non-hydrogen) atoms. The second kappa shape index (κ2) is 8.07. The molecule has 0 bridgehead atoms. The predicted molar refractivity (Wildman–Crippen MR) is 101 cm³/mol. The zero-order valence-corrected chi connectivity index (χ0v) is 15.0. The highest BCUT2D eigenvalue weighted by atomic mass is 32.2. The lowest BCUT2D eigenvalue weighted by Crippen LogP contribution is -2.51. The van der Waals surface area contributed by atoms with Crippen LogP contribution in [0.25, 0.3) is 0 Å². The molecule has 0 aliphatic carbocycles. The summed E-state index contributed by atoms with van der Waals surface area (Å²) in [6.45, 7) is 2.16. The smallest absolute Gasteiger partial charge is 0.321 e. The molecule has 6 heteroatoms. The number of nitrogens with one attached hydrogen (secondary N) is 1. The van der Waals surface area contributed by atoms with Crippen molar-refractivity contribution in [3.05, 3.63) is 60.2 Å². The van der Waals surface area contributed by atoms with Crippen LogP contribution in [0.2, 0.25) is 0 Å². The second-order valence-electron chi connectivity index (χ2n) is 5.80. The van der Waals surface area contributed by atoms with E-state index in [2.05, 4.69) is 5.32 Å². The molecule has 130 valence electrons. The highest BCUT2D eigenvalue weighted by molar-refractivity contribution is 7.98. The van der Waals surface area contributed by atoms with Crippen molar-refractivity contribution in [2.75, 3.05) is 37.8 Å². The van der Waals surface area contributed by atoms with Gasteiger partial charge in [0.2, 0.25) is 0 Å². The lowest BCUT2D eigenvalue weighted by atomic mass is 10.2. The SMILES string of the molecule is CSc1ccc(C(=O)N2CCN(C(=O)Nc3ccccc3)CC2)cc1. The quantitative estimate of drug-likeness (QED) is 0.859. The molecule has 2 aromatic rings. The largest absolute Gasteiger partial charge is 0.335 e. The highest BCUT2D eigenvalue weighted by Gasteiger charge is 2.24. The van der Waals surface area contributed by atoms with E-state index in [9.17, 15) is 9.59 Å². The van der Waals surface area contributed by atoms with E-state index in [-0.39, 0.29) is 11.9 Å². The van der Waals surface area contributed by atoms with Crippen LogP contribution < -0.4 is 5.32 Å².